The van der Waals surface area contributed by atoms with E-state index >= 15 is 0 Å². The molecule has 0 radical (unpaired) electrons. The number of ether oxygens (including phenoxy) is 1. The van der Waals surface area contributed by atoms with Gasteiger partial charge in [-0.1, -0.05) is 18.2 Å². The zero-order chi connectivity index (χ0) is 12.1. The number of aromatic nitrogens is 1. The fraction of sp³-hybridized carbons (Fsp3) is 0.231. The lowest BCUT2D eigenvalue weighted by molar-refractivity contribution is 0.0496. The summed E-state index contributed by atoms with van der Waals surface area (Å²) in [5.41, 5.74) is 1.36. The monoisotopic (exact) mass is 228 g/mol. The topological polar surface area (TPSA) is 65.9 Å². The smallest absolute Gasteiger partial charge is 0.354 e. The van der Waals surface area contributed by atoms with Crippen LogP contribution in [0.3, 0.4) is 0 Å². The number of nitrogens with one attached hydrogen (secondary N) is 1. The summed E-state index contributed by atoms with van der Waals surface area (Å²) in [5, 5.41) is 9.33. The fourth-order valence-electron chi connectivity index (χ4n) is 1.58. The second-order valence-electron chi connectivity index (χ2n) is 3.67. The Bertz CT molecular complexity index is 533. The van der Waals surface area contributed by atoms with Crippen LogP contribution < -0.4 is 0 Å². The summed E-state index contributed by atoms with van der Waals surface area (Å²) in [6, 6.07) is 11.4. The Morgan fingerprint density at radius 2 is 2.24 bits per heavy atom. The van der Waals surface area contributed by atoms with Gasteiger partial charge in [0.2, 0.25) is 0 Å². The highest BCUT2D eigenvalue weighted by Crippen LogP contribution is 2.15. The second kappa shape index (κ2) is 5.17. The number of nitriles is 1. The van der Waals surface area contributed by atoms with Crippen LogP contribution in [0.15, 0.2) is 30.3 Å². The van der Waals surface area contributed by atoms with Crippen molar-refractivity contribution in [3.63, 3.8) is 0 Å². The van der Waals surface area contributed by atoms with Crippen molar-refractivity contribution >= 4 is 16.9 Å². The summed E-state index contributed by atoms with van der Waals surface area (Å²) in [6.45, 7) is 0.280. The number of unbranched alkanes of at least 4 members (excludes halogenated alkanes) is 1. The Labute approximate surface area is 98.8 Å². The Kier molecular flexibility index (Phi) is 3.41. The number of esters is 1. The number of hydrogen-bond donors (Lipinski definition) is 1. The van der Waals surface area contributed by atoms with Crippen LogP contribution in [0.25, 0.3) is 10.9 Å². The Hall–Kier alpha value is -2.28. The highest BCUT2D eigenvalue weighted by atomic mass is 16.5. The van der Waals surface area contributed by atoms with E-state index in [0.29, 0.717) is 18.5 Å². The van der Waals surface area contributed by atoms with Crippen LogP contribution in [0.5, 0.6) is 0 Å². The van der Waals surface area contributed by atoms with Crippen molar-refractivity contribution in [1.82, 2.24) is 4.98 Å². The number of carbonyl (C=O) groups excluding carboxylic acids is 1. The van der Waals surface area contributed by atoms with E-state index in [-0.39, 0.29) is 12.6 Å². The molecule has 0 aliphatic rings. The molecule has 0 saturated heterocycles. The maximum absolute atomic E-state index is 11.6. The summed E-state index contributed by atoms with van der Waals surface area (Å²) in [6.07, 6.45) is 0.975. The molecule has 0 fully saturated rings. The first-order valence-corrected chi connectivity index (χ1v) is 5.43. The van der Waals surface area contributed by atoms with Crippen molar-refractivity contribution in [3.05, 3.63) is 36.0 Å². The van der Waals surface area contributed by atoms with Crippen molar-refractivity contribution in [2.24, 2.45) is 0 Å². The highest BCUT2D eigenvalue weighted by molar-refractivity contribution is 5.94. The van der Waals surface area contributed by atoms with Gasteiger partial charge in [-0.15, -0.1) is 0 Å². The minimum atomic E-state index is -0.376. The van der Waals surface area contributed by atoms with Crippen molar-refractivity contribution in [2.75, 3.05) is 6.61 Å². The molecule has 4 heteroatoms. The minimum absolute atomic E-state index is 0.280. The maximum atomic E-state index is 11.6. The lowest BCUT2D eigenvalue weighted by Crippen LogP contribution is -2.06. The molecule has 0 unspecified atom stereocenters. The zero-order valence-corrected chi connectivity index (χ0v) is 9.27. The van der Waals surface area contributed by atoms with Gasteiger partial charge in [0.15, 0.2) is 0 Å². The number of benzene rings is 1. The summed E-state index contributed by atoms with van der Waals surface area (Å²) in [5.74, 6) is -0.376. The van der Waals surface area contributed by atoms with Gasteiger partial charge < -0.3 is 9.72 Å². The first-order chi connectivity index (χ1) is 8.31. The molecule has 2 rings (SSSR count). The van der Waals surface area contributed by atoms with Crippen LogP contribution >= 0.6 is 0 Å². The third-order valence-corrected chi connectivity index (χ3v) is 2.42. The van der Waals surface area contributed by atoms with E-state index < -0.39 is 0 Å². The molecular formula is C13H12N2O2. The second-order valence-corrected chi connectivity index (χ2v) is 3.67. The van der Waals surface area contributed by atoms with Crippen LogP contribution in [0.2, 0.25) is 0 Å². The fourth-order valence-corrected chi connectivity index (χ4v) is 1.58. The molecule has 1 heterocycles. The van der Waals surface area contributed by atoms with E-state index in [4.69, 9.17) is 10.00 Å². The number of carbonyl (C=O) groups is 1. The molecule has 17 heavy (non-hydrogen) atoms. The number of H-pyrrole nitrogens is 1. The van der Waals surface area contributed by atoms with Gasteiger partial charge >= 0.3 is 5.97 Å². The van der Waals surface area contributed by atoms with E-state index in [9.17, 15) is 4.79 Å². The molecule has 0 aliphatic carbocycles. The van der Waals surface area contributed by atoms with Gasteiger partial charge in [0.25, 0.3) is 0 Å². The molecule has 4 nitrogen and oxygen atoms in total. The minimum Gasteiger partial charge on any atom is -0.461 e. The van der Waals surface area contributed by atoms with Gasteiger partial charge in [-0.3, -0.25) is 0 Å². The number of hydrogen-bond acceptors (Lipinski definition) is 3. The van der Waals surface area contributed by atoms with E-state index in [2.05, 4.69) is 4.98 Å². The molecule has 1 N–H and O–H groups in total. The third-order valence-electron chi connectivity index (χ3n) is 2.42. The van der Waals surface area contributed by atoms with Crippen LogP contribution in [0.4, 0.5) is 0 Å². The number of rotatable bonds is 4. The molecule has 0 spiro atoms. The summed E-state index contributed by atoms with van der Waals surface area (Å²) < 4.78 is 5.04. The standard InChI is InChI=1S/C13H12N2O2/c14-7-3-4-8-17-13(16)12-9-10-5-1-2-6-11(10)15-12/h1-2,5-6,9,15H,3-4,8H2. The lowest BCUT2D eigenvalue weighted by atomic mass is 10.2. The van der Waals surface area contributed by atoms with E-state index in [1.165, 1.54) is 0 Å². The Morgan fingerprint density at radius 1 is 1.41 bits per heavy atom. The van der Waals surface area contributed by atoms with Gasteiger partial charge in [-0.05, 0) is 18.6 Å². The number of nitrogens with zero attached hydrogens (tertiary/aromatic N) is 1. The molecule has 2 aromatic rings. The van der Waals surface area contributed by atoms with Gasteiger partial charge in [-0.25, -0.2) is 4.79 Å². The van der Waals surface area contributed by atoms with Crippen LogP contribution in [0, 0.1) is 11.3 Å². The van der Waals surface area contributed by atoms with Gasteiger partial charge in [0.1, 0.15) is 5.69 Å². The summed E-state index contributed by atoms with van der Waals surface area (Å²) >= 11 is 0. The van der Waals surface area contributed by atoms with Gasteiger partial charge in [-0.2, -0.15) is 5.26 Å². The van der Waals surface area contributed by atoms with Crippen molar-refractivity contribution in [2.45, 2.75) is 12.8 Å². The third kappa shape index (κ3) is 2.64. The molecule has 86 valence electrons. The average molecular weight is 228 g/mol. The van der Waals surface area contributed by atoms with Crippen molar-refractivity contribution in [1.29, 1.82) is 5.26 Å². The quantitative estimate of drug-likeness (QED) is 0.646. The average Bonchev–Trinajstić information content (AvgIpc) is 2.78. The molecule has 0 aliphatic heterocycles. The Morgan fingerprint density at radius 3 is 3.00 bits per heavy atom. The van der Waals surface area contributed by atoms with Crippen LogP contribution in [-0.4, -0.2) is 17.6 Å². The van der Waals surface area contributed by atoms with Crippen molar-refractivity contribution in [3.8, 4) is 6.07 Å². The molecule has 0 saturated carbocycles. The maximum Gasteiger partial charge on any atom is 0.354 e. The number of para-hydroxylation sites is 1. The summed E-state index contributed by atoms with van der Waals surface area (Å²) in [4.78, 5) is 14.6. The van der Waals surface area contributed by atoms with Crippen LogP contribution in [0.1, 0.15) is 23.3 Å². The largest absolute Gasteiger partial charge is 0.461 e. The SMILES string of the molecule is N#CCCCOC(=O)c1cc2ccccc2[nH]1. The molecule has 1 aromatic carbocycles. The van der Waals surface area contributed by atoms with Crippen molar-refractivity contribution < 1.29 is 9.53 Å². The van der Waals surface area contributed by atoms with E-state index in [0.717, 1.165) is 10.9 Å². The van der Waals surface area contributed by atoms with Gasteiger partial charge in [0, 0.05) is 17.3 Å². The predicted octanol–water partition coefficient (Wildman–Crippen LogP) is 2.63. The molecule has 0 atom stereocenters. The number of fused-ring (bicyclic) bond motifs is 1. The predicted molar refractivity (Wildman–Crippen MR) is 63.4 cm³/mol. The highest BCUT2D eigenvalue weighted by Gasteiger charge is 2.09. The van der Waals surface area contributed by atoms with E-state index in [1.807, 2.05) is 30.3 Å². The molecule has 0 bridgehead atoms. The van der Waals surface area contributed by atoms with Crippen LogP contribution in [-0.2, 0) is 4.74 Å². The first-order valence-electron chi connectivity index (χ1n) is 5.43. The molecule has 0 amide bonds. The molecule has 1 aromatic heterocycles. The lowest BCUT2D eigenvalue weighted by Gasteiger charge is -2.00. The Balaban J connectivity index is 2.02. The number of aromatic amines is 1. The zero-order valence-electron chi connectivity index (χ0n) is 9.27. The summed E-state index contributed by atoms with van der Waals surface area (Å²) in [7, 11) is 0. The normalized spacial score (nSPS) is 10.1. The molecular weight excluding hydrogens is 216 g/mol. The van der Waals surface area contributed by atoms with Gasteiger partial charge in [0.05, 0.1) is 12.7 Å². The van der Waals surface area contributed by atoms with E-state index in [1.54, 1.807) is 6.07 Å². The first kappa shape index (κ1) is 11.2.